The van der Waals surface area contributed by atoms with Gasteiger partial charge in [-0.15, -0.1) is 0 Å². The van der Waals surface area contributed by atoms with Crippen molar-refractivity contribution < 1.29 is 14.6 Å². The van der Waals surface area contributed by atoms with Crippen LogP contribution in [-0.2, 0) is 9.53 Å². The third-order valence-corrected chi connectivity index (χ3v) is 4.58. The number of ether oxygens (including phenoxy) is 1. The lowest BCUT2D eigenvalue weighted by molar-refractivity contribution is -0.156. The van der Waals surface area contributed by atoms with Gasteiger partial charge in [-0.3, -0.25) is 4.79 Å². The molecule has 0 aromatic rings. The molecule has 112 valence electrons. The van der Waals surface area contributed by atoms with Gasteiger partial charge in [-0.05, 0) is 19.8 Å². The first-order valence-electron chi connectivity index (χ1n) is 7.90. The average molecular weight is 270 g/mol. The Balaban J connectivity index is 2.60. The third-order valence-electron chi connectivity index (χ3n) is 4.58. The maximum absolute atomic E-state index is 11.7. The van der Waals surface area contributed by atoms with E-state index in [0.717, 1.165) is 38.5 Å². The predicted octanol–water partition coefficient (Wildman–Crippen LogP) is 3.83. The summed E-state index contributed by atoms with van der Waals surface area (Å²) in [5.41, 5.74) is -0.869. The molecule has 0 bridgehead atoms. The van der Waals surface area contributed by atoms with E-state index in [1.54, 1.807) is 6.92 Å². The third kappa shape index (κ3) is 5.52. The normalized spacial score (nSPS) is 23.7. The van der Waals surface area contributed by atoms with Crippen molar-refractivity contribution in [3.8, 4) is 0 Å². The highest BCUT2D eigenvalue weighted by Gasteiger charge is 2.37. The van der Waals surface area contributed by atoms with Gasteiger partial charge in [0.25, 0.3) is 0 Å². The maximum atomic E-state index is 11.7. The van der Waals surface area contributed by atoms with Crippen LogP contribution < -0.4 is 0 Å². The van der Waals surface area contributed by atoms with Crippen molar-refractivity contribution >= 4 is 5.97 Å². The van der Waals surface area contributed by atoms with Crippen LogP contribution in [0.4, 0.5) is 0 Å². The highest BCUT2D eigenvalue weighted by atomic mass is 16.5. The van der Waals surface area contributed by atoms with Gasteiger partial charge in [0.2, 0.25) is 0 Å². The number of esters is 1. The van der Waals surface area contributed by atoms with E-state index in [9.17, 15) is 9.90 Å². The lowest BCUT2D eigenvalue weighted by atomic mass is 9.79. The van der Waals surface area contributed by atoms with Gasteiger partial charge in [-0.1, -0.05) is 57.8 Å². The fourth-order valence-corrected chi connectivity index (χ4v) is 3.05. The molecule has 0 amide bonds. The molecule has 1 aliphatic carbocycles. The second kappa shape index (κ2) is 8.57. The lowest BCUT2D eigenvalue weighted by Gasteiger charge is -2.33. The van der Waals surface area contributed by atoms with Gasteiger partial charge in [0.05, 0.1) is 18.6 Å². The van der Waals surface area contributed by atoms with E-state index >= 15 is 0 Å². The van der Waals surface area contributed by atoms with Crippen molar-refractivity contribution in [3.05, 3.63) is 0 Å². The standard InChI is InChI=1S/C16H30O3/c1-14(15(17)19-2)16(18)12-10-8-6-4-3-5-7-9-11-13-16/h14,18H,3-13H2,1-2H3. The zero-order valence-electron chi connectivity index (χ0n) is 12.6. The second-order valence-corrected chi connectivity index (χ2v) is 6.03. The van der Waals surface area contributed by atoms with Gasteiger partial charge in [0.1, 0.15) is 0 Å². The van der Waals surface area contributed by atoms with E-state index in [1.807, 2.05) is 0 Å². The van der Waals surface area contributed by atoms with Gasteiger partial charge in [-0.25, -0.2) is 0 Å². The van der Waals surface area contributed by atoms with Crippen LogP contribution in [0.25, 0.3) is 0 Å². The molecule has 1 saturated carbocycles. The summed E-state index contributed by atoms with van der Waals surface area (Å²) in [6.07, 6.45) is 12.3. The SMILES string of the molecule is COC(=O)C(C)C1(O)CCCCCCCCCCC1. The van der Waals surface area contributed by atoms with E-state index in [2.05, 4.69) is 0 Å². The molecule has 1 rings (SSSR count). The highest BCUT2D eigenvalue weighted by Crippen LogP contribution is 2.31. The Bertz CT molecular complexity index is 251. The fraction of sp³-hybridized carbons (Fsp3) is 0.938. The van der Waals surface area contributed by atoms with Gasteiger partial charge < -0.3 is 9.84 Å². The number of hydrogen-bond donors (Lipinski definition) is 1. The first-order valence-corrected chi connectivity index (χ1v) is 7.90. The topological polar surface area (TPSA) is 46.5 Å². The van der Waals surface area contributed by atoms with Crippen LogP contribution in [0.1, 0.15) is 77.6 Å². The van der Waals surface area contributed by atoms with Gasteiger partial charge in [0, 0.05) is 0 Å². The Morgan fingerprint density at radius 1 is 0.947 bits per heavy atom. The number of rotatable bonds is 2. The van der Waals surface area contributed by atoms with Gasteiger partial charge in [0.15, 0.2) is 0 Å². The van der Waals surface area contributed by atoms with E-state index in [4.69, 9.17) is 4.74 Å². The van der Waals surface area contributed by atoms with Crippen LogP contribution >= 0.6 is 0 Å². The number of methoxy groups -OCH3 is 1. The zero-order chi connectivity index (χ0) is 14.1. The molecule has 0 heterocycles. The summed E-state index contributed by atoms with van der Waals surface area (Å²) < 4.78 is 4.80. The van der Waals surface area contributed by atoms with Crippen LogP contribution in [-0.4, -0.2) is 23.8 Å². The van der Waals surface area contributed by atoms with Crippen molar-refractivity contribution in [3.63, 3.8) is 0 Å². The Kier molecular flexibility index (Phi) is 7.44. The monoisotopic (exact) mass is 270 g/mol. The minimum absolute atomic E-state index is 0.283. The molecule has 1 unspecified atom stereocenters. The molecule has 0 saturated heterocycles. The summed E-state index contributed by atoms with van der Waals surface area (Å²) in [5, 5.41) is 10.8. The molecular weight excluding hydrogens is 240 g/mol. The molecule has 3 heteroatoms. The summed E-state index contributed by atoms with van der Waals surface area (Å²) in [7, 11) is 1.40. The summed E-state index contributed by atoms with van der Waals surface area (Å²) in [6.45, 7) is 1.80. The van der Waals surface area contributed by atoms with E-state index in [0.29, 0.717) is 0 Å². The summed E-state index contributed by atoms with van der Waals surface area (Å²) in [4.78, 5) is 11.7. The van der Waals surface area contributed by atoms with Crippen LogP contribution in [0.3, 0.4) is 0 Å². The Hall–Kier alpha value is -0.570. The van der Waals surface area contributed by atoms with E-state index < -0.39 is 11.5 Å². The molecule has 1 aliphatic rings. The fourth-order valence-electron chi connectivity index (χ4n) is 3.05. The van der Waals surface area contributed by atoms with E-state index in [1.165, 1.54) is 39.2 Å². The Morgan fingerprint density at radius 2 is 1.32 bits per heavy atom. The molecule has 19 heavy (non-hydrogen) atoms. The van der Waals surface area contributed by atoms with E-state index in [-0.39, 0.29) is 5.97 Å². The number of carbonyl (C=O) groups excluding carboxylic acids is 1. The quantitative estimate of drug-likeness (QED) is 0.776. The highest BCUT2D eigenvalue weighted by molar-refractivity contribution is 5.73. The first kappa shape index (κ1) is 16.5. The van der Waals surface area contributed by atoms with Crippen molar-refractivity contribution in [1.82, 2.24) is 0 Å². The molecule has 1 N–H and O–H groups in total. The number of aliphatic hydroxyl groups is 1. The second-order valence-electron chi connectivity index (χ2n) is 6.03. The Morgan fingerprint density at radius 3 is 1.68 bits per heavy atom. The molecule has 0 aromatic heterocycles. The molecule has 0 aliphatic heterocycles. The van der Waals surface area contributed by atoms with Crippen molar-refractivity contribution in [2.75, 3.05) is 7.11 Å². The van der Waals surface area contributed by atoms with Gasteiger partial charge >= 0.3 is 5.97 Å². The van der Waals surface area contributed by atoms with Crippen molar-refractivity contribution in [1.29, 1.82) is 0 Å². The largest absolute Gasteiger partial charge is 0.469 e. The molecule has 0 aromatic carbocycles. The first-order chi connectivity index (χ1) is 9.10. The smallest absolute Gasteiger partial charge is 0.311 e. The molecule has 0 spiro atoms. The molecule has 3 nitrogen and oxygen atoms in total. The maximum Gasteiger partial charge on any atom is 0.311 e. The van der Waals surface area contributed by atoms with Gasteiger partial charge in [-0.2, -0.15) is 0 Å². The van der Waals surface area contributed by atoms with Crippen LogP contribution in [0.5, 0.6) is 0 Å². The predicted molar refractivity (Wildman–Crippen MR) is 76.9 cm³/mol. The minimum atomic E-state index is -0.869. The molecule has 0 radical (unpaired) electrons. The molecule has 1 atom stereocenters. The number of carbonyl (C=O) groups is 1. The summed E-state index contributed by atoms with van der Waals surface area (Å²) in [6, 6.07) is 0. The Labute approximate surface area is 117 Å². The lowest BCUT2D eigenvalue weighted by Crippen LogP contribution is -2.41. The van der Waals surface area contributed by atoms with Crippen LogP contribution in [0, 0.1) is 5.92 Å². The zero-order valence-corrected chi connectivity index (χ0v) is 12.6. The summed E-state index contributed by atoms with van der Waals surface area (Å²) in [5.74, 6) is -0.699. The minimum Gasteiger partial charge on any atom is -0.469 e. The van der Waals surface area contributed by atoms with Crippen LogP contribution in [0.2, 0.25) is 0 Å². The summed E-state index contributed by atoms with van der Waals surface area (Å²) >= 11 is 0. The van der Waals surface area contributed by atoms with Crippen molar-refractivity contribution in [2.45, 2.75) is 83.2 Å². The molecular formula is C16H30O3. The van der Waals surface area contributed by atoms with Crippen molar-refractivity contribution in [2.24, 2.45) is 5.92 Å². The average Bonchev–Trinajstić information content (AvgIpc) is 2.41. The molecule has 1 fully saturated rings. The number of hydrogen-bond acceptors (Lipinski definition) is 3. The van der Waals surface area contributed by atoms with Crippen LogP contribution in [0.15, 0.2) is 0 Å².